The van der Waals surface area contributed by atoms with E-state index in [2.05, 4.69) is 13.8 Å². The number of ether oxygens (including phenoxy) is 1. The maximum atomic E-state index is 6.32. The SMILES string of the molecule is CCCCCCCC1CCC(OCC2CCC(CCC)CC2)CC1. The van der Waals surface area contributed by atoms with E-state index in [9.17, 15) is 0 Å². The Kier molecular flexibility index (Phi) is 10.4. The van der Waals surface area contributed by atoms with E-state index in [0.717, 1.165) is 24.4 Å². The summed E-state index contributed by atoms with van der Waals surface area (Å²) < 4.78 is 6.32. The van der Waals surface area contributed by atoms with E-state index in [1.165, 1.54) is 103 Å². The topological polar surface area (TPSA) is 9.23 Å². The summed E-state index contributed by atoms with van der Waals surface area (Å²) in [6.45, 7) is 5.69. The monoisotopic (exact) mass is 336 g/mol. The van der Waals surface area contributed by atoms with Crippen LogP contribution in [0.15, 0.2) is 0 Å². The fraction of sp³-hybridized carbons (Fsp3) is 1.00. The van der Waals surface area contributed by atoms with Gasteiger partial charge in [0.25, 0.3) is 0 Å². The number of unbranched alkanes of at least 4 members (excludes halogenated alkanes) is 4. The molecule has 2 saturated carbocycles. The van der Waals surface area contributed by atoms with Crippen molar-refractivity contribution in [3.63, 3.8) is 0 Å². The van der Waals surface area contributed by atoms with E-state index in [-0.39, 0.29) is 0 Å². The molecule has 0 unspecified atom stereocenters. The molecule has 0 aliphatic heterocycles. The molecule has 0 radical (unpaired) electrons. The van der Waals surface area contributed by atoms with Crippen LogP contribution in [0.2, 0.25) is 0 Å². The van der Waals surface area contributed by atoms with Gasteiger partial charge in [-0.15, -0.1) is 0 Å². The van der Waals surface area contributed by atoms with Crippen LogP contribution in [0, 0.1) is 17.8 Å². The Labute approximate surface area is 152 Å². The van der Waals surface area contributed by atoms with Crippen LogP contribution in [0.5, 0.6) is 0 Å². The fourth-order valence-corrected chi connectivity index (χ4v) is 4.99. The summed E-state index contributed by atoms with van der Waals surface area (Å²) in [5, 5.41) is 0. The molecule has 1 nitrogen and oxygen atoms in total. The van der Waals surface area contributed by atoms with E-state index in [1.807, 2.05) is 0 Å². The molecule has 0 aromatic rings. The van der Waals surface area contributed by atoms with Gasteiger partial charge in [0, 0.05) is 6.61 Å². The molecule has 2 fully saturated rings. The molecule has 0 N–H and O–H groups in total. The predicted molar refractivity (Wildman–Crippen MR) is 105 cm³/mol. The van der Waals surface area contributed by atoms with Gasteiger partial charge in [-0.3, -0.25) is 0 Å². The van der Waals surface area contributed by atoms with Gasteiger partial charge in [0.1, 0.15) is 0 Å². The minimum absolute atomic E-state index is 0.592. The molecule has 2 aliphatic carbocycles. The highest BCUT2D eigenvalue weighted by atomic mass is 16.5. The molecule has 0 bridgehead atoms. The summed E-state index contributed by atoms with van der Waals surface area (Å²) in [4.78, 5) is 0. The first-order valence-corrected chi connectivity index (χ1v) is 11.4. The van der Waals surface area contributed by atoms with Crippen LogP contribution in [0.25, 0.3) is 0 Å². The largest absolute Gasteiger partial charge is 0.378 e. The van der Waals surface area contributed by atoms with Gasteiger partial charge in [-0.25, -0.2) is 0 Å². The lowest BCUT2D eigenvalue weighted by Gasteiger charge is -2.32. The molecule has 24 heavy (non-hydrogen) atoms. The normalized spacial score (nSPS) is 31.2. The molecule has 0 aromatic carbocycles. The van der Waals surface area contributed by atoms with Gasteiger partial charge in [-0.2, -0.15) is 0 Å². The summed E-state index contributed by atoms with van der Waals surface area (Å²) in [5.74, 6) is 2.91. The van der Waals surface area contributed by atoms with Gasteiger partial charge >= 0.3 is 0 Å². The molecular formula is C23H44O. The van der Waals surface area contributed by atoms with E-state index in [0.29, 0.717) is 6.10 Å². The van der Waals surface area contributed by atoms with Crippen LogP contribution < -0.4 is 0 Å². The van der Waals surface area contributed by atoms with Gasteiger partial charge in [0.15, 0.2) is 0 Å². The van der Waals surface area contributed by atoms with Gasteiger partial charge in [0.05, 0.1) is 6.10 Å². The van der Waals surface area contributed by atoms with Crippen LogP contribution >= 0.6 is 0 Å². The predicted octanol–water partition coefficient (Wildman–Crippen LogP) is 7.53. The van der Waals surface area contributed by atoms with Crippen molar-refractivity contribution < 1.29 is 4.74 Å². The van der Waals surface area contributed by atoms with Crippen molar-refractivity contribution in [2.75, 3.05) is 6.61 Å². The molecule has 0 aromatic heterocycles. The fourth-order valence-electron chi connectivity index (χ4n) is 4.99. The average molecular weight is 337 g/mol. The van der Waals surface area contributed by atoms with Crippen LogP contribution in [-0.2, 0) is 4.74 Å². The van der Waals surface area contributed by atoms with E-state index >= 15 is 0 Å². The quantitative estimate of drug-likeness (QED) is 0.354. The standard InChI is InChI=1S/C23H44O/c1-3-5-6-7-8-10-21-15-17-23(18-16-21)24-19-22-13-11-20(9-4-2)12-14-22/h20-23H,3-19H2,1-2H3. The Morgan fingerprint density at radius 1 is 0.583 bits per heavy atom. The number of rotatable bonds is 11. The molecule has 0 spiro atoms. The van der Waals surface area contributed by atoms with Gasteiger partial charge in [0.2, 0.25) is 0 Å². The highest BCUT2D eigenvalue weighted by Gasteiger charge is 2.24. The molecule has 0 saturated heterocycles. The molecule has 2 rings (SSSR count). The lowest BCUT2D eigenvalue weighted by Crippen LogP contribution is -2.26. The summed E-state index contributed by atoms with van der Waals surface area (Å²) in [6.07, 6.45) is 23.4. The zero-order chi connectivity index (χ0) is 17.0. The van der Waals surface area contributed by atoms with Crippen molar-refractivity contribution in [2.24, 2.45) is 17.8 Å². The maximum Gasteiger partial charge on any atom is 0.0575 e. The smallest absolute Gasteiger partial charge is 0.0575 e. The Morgan fingerprint density at radius 3 is 1.83 bits per heavy atom. The van der Waals surface area contributed by atoms with Crippen LogP contribution in [0.4, 0.5) is 0 Å². The second kappa shape index (κ2) is 12.3. The second-order valence-electron chi connectivity index (χ2n) is 8.85. The molecule has 142 valence electrons. The summed E-state index contributed by atoms with van der Waals surface area (Å²) in [6, 6.07) is 0. The molecular weight excluding hydrogens is 292 g/mol. The lowest BCUT2D eigenvalue weighted by molar-refractivity contribution is -0.0104. The van der Waals surface area contributed by atoms with Crippen LogP contribution in [0.1, 0.15) is 117 Å². The first-order chi connectivity index (χ1) is 11.8. The maximum absolute atomic E-state index is 6.32. The van der Waals surface area contributed by atoms with Gasteiger partial charge < -0.3 is 4.74 Å². The van der Waals surface area contributed by atoms with Crippen molar-refractivity contribution in [3.05, 3.63) is 0 Å². The summed E-state index contributed by atoms with van der Waals surface area (Å²) >= 11 is 0. The highest BCUT2D eigenvalue weighted by Crippen LogP contribution is 2.34. The Hall–Kier alpha value is -0.0400. The minimum atomic E-state index is 0.592. The summed E-state index contributed by atoms with van der Waals surface area (Å²) in [5.41, 5.74) is 0. The van der Waals surface area contributed by atoms with Crippen LogP contribution in [0.3, 0.4) is 0 Å². The van der Waals surface area contributed by atoms with E-state index < -0.39 is 0 Å². The molecule has 1 heteroatoms. The van der Waals surface area contributed by atoms with Crippen molar-refractivity contribution in [2.45, 2.75) is 123 Å². The first-order valence-electron chi connectivity index (χ1n) is 11.4. The third kappa shape index (κ3) is 7.89. The summed E-state index contributed by atoms with van der Waals surface area (Å²) in [7, 11) is 0. The van der Waals surface area contributed by atoms with E-state index in [4.69, 9.17) is 4.74 Å². The lowest BCUT2D eigenvalue weighted by atomic mass is 9.80. The third-order valence-electron chi connectivity index (χ3n) is 6.74. The highest BCUT2D eigenvalue weighted by molar-refractivity contribution is 4.75. The minimum Gasteiger partial charge on any atom is -0.378 e. The zero-order valence-electron chi connectivity index (χ0n) is 16.7. The molecule has 2 aliphatic rings. The Bertz CT molecular complexity index is 284. The van der Waals surface area contributed by atoms with Crippen molar-refractivity contribution in [1.29, 1.82) is 0 Å². The molecule has 0 atom stereocenters. The first kappa shape index (κ1) is 20.3. The number of hydrogen-bond donors (Lipinski definition) is 0. The second-order valence-corrected chi connectivity index (χ2v) is 8.85. The van der Waals surface area contributed by atoms with Crippen molar-refractivity contribution in [1.82, 2.24) is 0 Å². The van der Waals surface area contributed by atoms with Crippen molar-refractivity contribution in [3.8, 4) is 0 Å². The Morgan fingerprint density at radius 2 is 1.17 bits per heavy atom. The zero-order valence-corrected chi connectivity index (χ0v) is 16.7. The van der Waals surface area contributed by atoms with Crippen LogP contribution in [-0.4, -0.2) is 12.7 Å². The number of hydrogen-bond acceptors (Lipinski definition) is 1. The molecule has 0 heterocycles. The third-order valence-corrected chi connectivity index (χ3v) is 6.74. The Balaban J connectivity index is 1.48. The average Bonchev–Trinajstić information content (AvgIpc) is 2.62. The van der Waals surface area contributed by atoms with Crippen molar-refractivity contribution >= 4 is 0 Å². The molecule has 0 amide bonds. The van der Waals surface area contributed by atoms with Gasteiger partial charge in [-0.1, -0.05) is 78.1 Å². The van der Waals surface area contributed by atoms with E-state index in [1.54, 1.807) is 0 Å². The van der Waals surface area contributed by atoms with Gasteiger partial charge in [-0.05, 0) is 56.3 Å².